The van der Waals surface area contributed by atoms with Crippen molar-refractivity contribution in [1.29, 1.82) is 0 Å². The smallest absolute Gasteiger partial charge is 0.187 e. The van der Waals surface area contributed by atoms with Gasteiger partial charge in [-0.15, -0.1) is 0 Å². The van der Waals surface area contributed by atoms with Gasteiger partial charge in [-0.1, -0.05) is 205 Å². The molecule has 0 aromatic heterocycles. The third-order valence-electron chi connectivity index (χ3n) is 22.3. The largest absolute Gasteiger partial charge is 0.387 e. The third-order valence-corrected chi connectivity index (χ3v) is 22.3. The maximum Gasteiger partial charge on any atom is 0.187 e. The lowest BCUT2D eigenvalue weighted by atomic mass is 9.84. The Kier molecular flexibility index (Phi) is 60.4. The Morgan fingerprint density at radius 2 is 0.458 bits per heavy atom. The number of nitrogens with zero attached hydrogens (tertiary/aromatic N) is 3. The van der Waals surface area contributed by atoms with Gasteiger partial charge in [0.2, 0.25) is 0 Å². The lowest BCUT2D eigenvalue weighted by molar-refractivity contribution is -0.389. The van der Waals surface area contributed by atoms with Gasteiger partial charge < -0.3 is 119 Å². The predicted octanol–water partition coefficient (Wildman–Crippen LogP) is 16.1. The summed E-state index contributed by atoms with van der Waals surface area (Å²) in [5, 5.41) is 29.3. The minimum Gasteiger partial charge on any atom is -0.387 e. The van der Waals surface area contributed by atoms with E-state index in [0.717, 1.165) is 173 Å². The summed E-state index contributed by atoms with van der Waals surface area (Å²) in [6.45, 7) is 37.7. The van der Waals surface area contributed by atoms with Crippen molar-refractivity contribution in [3.63, 3.8) is 0 Å². The SMILES string of the molecule is CCCCOCC1OC(OC2C(O)C(O)C(OCCCC)C(OCCCC)C2OCCCC)C(N=[N+]=[N-])C(OCCCC)C1OC1OC(COC2OC(COCCCC)C(OCCCC)C(OCCCC)C2OC2OC(COCCCC)C(OCCCC)C(OCCCC)C2OCCCC)C(OCCCC)C(OCCCC)C1OCCCC. The first-order chi connectivity index (χ1) is 57.9. The van der Waals surface area contributed by atoms with Gasteiger partial charge in [0.1, 0.15) is 128 Å². The van der Waals surface area contributed by atoms with Crippen LogP contribution in [0.15, 0.2) is 5.11 Å². The molecule has 0 radical (unpaired) electrons. The second-order valence-electron chi connectivity index (χ2n) is 32.5. The molecule has 5 aliphatic rings. The molecule has 5 rings (SSSR count). The van der Waals surface area contributed by atoms with Crippen molar-refractivity contribution >= 4 is 0 Å². The second-order valence-corrected chi connectivity index (χ2v) is 32.5. The molecule has 118 heavy (non-hydrogen) atoms. The highest BCUT2D eigenvalue weighted by Gasteiger charge is 2.60. The van der Waals surface area contributed by atoms with Gasteiger partial charge in [-0.05, 0) is 102 Å². The van der Waals surface area contributed by atoms with Gasteiger partial charge in [0.25, 0.3) is 0 Å². The van der Waals surface area contributed by atoms with Crippen LogP contribution in [0, 0.1) is 0 Å². The van der Waals surface area contributed by atoms with Gasteiger partial charge in [0.05, 0.1) is 32.5 Å². The molecule has 0 aromatic carbocycles. The molecule has 696 valence electrons. The zero-order valence-electron chi connectivity index (χ0n) is 76.3. The molecule has 4 heterocycles. The number of aliphatic hydroxyl groups is 2. The van der Waals surface area contributed by atoms with Crippen molar-refractivity contribution in [3.8, 4) is 0 Å². The van der Waals surface area contributed by atoms with Crippen molar-refractivity contribution in [1.82, 2.24) is 0 Å². The fourth-order valence-electron chi connectivity index (χ4n) is 15.0. The van der Waals surface area contributed by atoms with E-state index < -0.39 is 159 Å². The number of hydrogen-bond donors (Lipinski definition) is 2. The van der Waals surface area contributed by atoms with Gasteiger partial charge in [0.15, 0.2) is 25.2 Å². The molecule has 0 spiro atoms. The molecule has 4 saturated heterocycles. The van der Waals surface area contributed by atoms with Crippen LogP contribution in [0.1, 0.15) is 296 Å². The van der Waals surface area contributed by atoms with Crippen LogP contribution in [0.25, 0.3) is 10.4 Å². The molecule has 1 aliphatic carbocycles. The van der Waals surface area contributed by atoms with Gasteiger partial charge in [-0.2, -0.15) is 0 Å². The van der Waals surface area contributed by atoms with E-state index in [1.807, 2.05) is 0 Å². The average Bonchev–Trinajstić information content (AvgIpc) is 0.764. The van der Waals surface area contributed by atoms with Crippen LogP contribution in [-0.2, 0) is 109 Å². The molecule has 0 amide bonds. The summed E-state index contributed by atoms with van der Waals surface area (Å²) in [7, 11) is 0. The molecule has 5 fully saturated rings. The Bertz CT molecular complexity index is 2410. The molecule has 2 N–H and O–H groups in total. The van der Waals surface area contributed by atoms with Crippen molar-refractivity contribution in [2.75, 3.05) is 126 Å². The lowest BCUT2D eigenvalue weighted by Gasteiger charge is -2.52. The standard InChI is InChI=1S/C90H171N3O25/c1-16-31-46-96-61-65-73(100-50-35-20-5)81(106-56-41-26-11)86(118-90-85(110-60-45-30-15)79(104-54-39-24-9)72(99-49-34-19-4)66(114-90)62-97-47-32-17-2)88(113-65)111-64-68-74(101-51-36-21-6)80(105-55-40-25-10)84(109-59-44-29-14)89(115-68)116-75-67(63-98-48-33-18-3)112-87(69(92-93-91)76(75)102-52-37-22-7)117-78-71(95)70(94)77(103-53-38-23-8)82(107-57-42-27-12)83(78)108-58-43-28-13/h65-90,94-95H,16-64H2,1-15H3. The van der Waals surface area contributed by atoms with Gasteiger partial charge in [0, 0.05) is 104 Å². The first-order valence-electron chi connectivity index (χ1n) is 47.6. The summed E-state index contributed by atoms with van der Waals surface area (Å²) < 4.78 is 163. The predicted molar refractivity (Wildman–Crippen MR) is 453 cm³/mol. The van der Waals surface area contributed by atoms with Crippen molar-refractivity contribution in [2.24, 2.45) is 5.11 Å². The number of azide groups is 1. The van der Waals surface area contributed by atoms with Crippen molar-refractivity contribution in [3.05, 3.63) is 10.4 Å². The summed E-state index contributed by atoms with van der Waals surface area (Å²) in [5.41, 5.74) is 10.9. The summed E-state index contributed by atoms with van der Waals surface area (Å²) in [5.74, 6) is 0. The van der Waals surface area contributed by atoms with E-state index in [2.05, 4.69) is 114 Å². The van der Waals surface area contributed by atoms with Crippen LogP contribution in [0.2, 0.25) is 0 Å². The Morgan fingerprint density at radius 1 is 0.229 bits per heavy atom. The maximum atomic E-state index is 12.6. The summed E-state index contributed by atoms with van der Waals surface area (Å²) in [6, 6.07) is -1.30. The number of rotatable bonds is 73. The number of ether oxygens (including phenoxy) is 23. The van der Waals surface area contributed by atoms with E-state index in [9.17, 15) is 15.7 Å². The van der Waals surface area contributed by atoms with E-state index in [0.29, 0.717) is 112 Å². The quantitative estimate of drug-likeness (QED) is 0.0247. The van der Waals surface area contributed by atoms with Crippen LogP contribution in [0.4, 0.5) is 0 Å². The van der Waals surface area contributed by atoms with Gasteiger partial charge >= 0.3 is 0 Å². The first kappa shape index (κ1) is 107. The van der Waals surface area contributed by atoms with Crippen LogP contribution in [-0.4, -0.2) is 295 Å². The third kappa shape index (κ3) is 36.6. The number of aliphatic hydroxyl groups excluding tert-OH is 2. The monoisotopic (exact) mass is 1690 g/mol. The van der Waals surface area contributed by atoms with Crippen LogP contribution in [0.5, 0.6) is 0 Å². The van der Waals surface area contributed by atoms with Gasteiger partial charge in [-0.25, -0.2) is 0 Å². The summed E-state index contributed by atoms with van der Waals surface area (Å²) in [6.07, 6.45) is -0.602. The number of unbranched alkanes of at least 4 members (excludes halogenated alkanes) is 15. The number of hydrogen-bond acceptors (Lipinski definition) is 26. The van der Waals surface area contributed by atoms with Crippen LogP contribution >= 0.6 is 0 Å². The molecular formula is C90H171N3O25. The lowest BCUT2D eigenvalue weighted by Crippen LogP contribution is -2.69. The zero-order chi connectivity index (χ0) is 85.3. The van der Waals surface area contributed by atoms with E-state index in [1.54, 1.807) is 0 Å². The van der Waals surface area contributed by atoms with Crippen LogP contribution < -0.4 is 0 Å². The highest BCUT2D eigenvalue weighted by Crippen LogP contribution is 2.42. The highest BCUT2D eigenvalue weighted by molar-refractivity contribution is 5.06. The van der Waals surface area contributed by atoms with Gasteiger partial charge in [-0.3, -0.25) is 0 Å². The Hall–Kier alpha value is -1.69. The summed E-state index contributed by atoms with van der Waals surface area (Å²) >= 11 is 0. The average molecular weight is 1700 g/mol. The maximum absolute atomic E-state index is 12.6. The van der Waals surface area contributed by atoms with E-state index in [-0.39, 0.29) is 33.0 Å². The molecule has 4 aliphatic heterocycles. The molecule has 0 bridgehead atoms. The van der Waals surface area contributed by atoms with Crippen molar-refractivity contribution < 1.29 is 119 Å². The molecule has 0 aromatic rings. The molecule has 26 atom stereocenters. The molecule has 1 saturated carbocycles. The Balaban J connectivity index is 1.79. The molecule has 28 heteroatoms. The van der Waals surface area contributed by atoms with Crippen LogP contribution in [0.3, 0.4) is 0 Å². The second kappa shape index (κ2) is 66.7. The Labute approximate surface area is 713 Å². The minimum absolute atomic E-state index is 0.0440. The fraction of sp³-hybridized carbons (Fsp3) is 1.00. The molecule has 26 unspecified atom stereocenters. The first-order valence-corrected chi connectivity index (χ1v) is 47.6. The van der Waals surface area contributed by atoms with E-state index >= 15 is 0 Å². The minimum atomic E-state index is -1.58. The fourth-order valence-corrected chi connectivity index (χ4v) is 15.0. The molecule has 28 nitrogen and oxygen atoms in total. The zero-order valence-corrected chi connectivity index (χ0v) is 76.3. The highest BCUT2D eigenvalue weighted by atomic mass is 16.8. The topological polar surface area (TPSA) is 302 Å². The normalized spacial score (nSPS) is 32.1. The van der Waals surface area contributed by atoms with E-state index in [1.165, 1.54) is 0 Å². The van der Waals surface area contributed by atoms with E-state index in [4.69, 9.17) is 109 Å². The Morgan fingerprint density at radius 3 is 0.797 bits per heavy atom. The molecular weight excluding hydrogens is 1520 g/mol. The summed E-state index contributed by atoms with van der Waals surface area (Å²) in [4.78, 5) is 3.47. The van der Waals surface area contributed by atoms with Crippen molar-refractivity contribution in [2.45, 2.75) is 456 Å².